The van der Waals surface area contributed by atoms with Gasteiger partial charge in [0.2, 0.25) is 5.91 Å². The van der Waals surface area contributed by atoms with Crippen molar-refractivity contribution in [2.24, 2.45) is 0 Å². The van der Waals surface area contributed by atoms with Gasteiger partial charge in [-0.3, -0.25) is 9.78 Å². The van der Waals surface area contributed by atoms with Gasteiger partial charge in [-0.15, -0.1) is 0 Å². The zero-order valence-corrected chi connectivity index (χ0v) is 8.25. The van der Waals surface area contributed by atoms with Crippen molar-refractivity contribution in [2.45, 2.75) is 11.7 Å². The lowest BCUT2D eigenvalue weighted by molar-refractivity contribution is -0.117. The van der Waals surface area contributed by atoms with E-state index in [2.05, 4.69) is 17.6 Å². The van der Waals surface area contributed by atoms with Crippen LogP contribution in [0.25, 0.3) is 0 Å². The number of pyridine rings is 1. The largest absolute Gasteiger partial charge is 0.310 e. The molecule has 0 N–H and O–H groups in total. The van der Waals surface area contributed by atoms with Crippen molar-refractivity contribution >= 4 is 24.2 Å². The van der Waals surface area contributed by atoms with Crippen molar-refractivity contribution in [3.05, 3.63) is 24.3 Å². The Kier molecular flexibility index (Phi) is 2.41. The summed E-state index contributed by atoms with van der Waals surface area (Å²) in [5.41, 5.74) is 0.506. The minimum absolute atomic E-state index is 0.0302. The van der Waals surface area contributed by atoms with E-state index in [0.29, 0.717) is 18.7 Å². The Morgan fingerprint density at radius 3 is 2.93 bits per heavy atom. The first-order valence-electron chi connectivity index (χ1n) is 4.26. The standard InChI is InChI=1S/C9H9FN2OS/c10-6-1-7(4-11-3-6)12-5-8(14)2-9(12)13/h1,3-4,8,14H,2,5H2. The smallest absolute Gasteiger partial charge is 0.228 e. The normalized spacial score (nSPS) is 21.7. The van der Waals surface area contributed by atoms with Gasteiger partial charge >= 0.3 is 0 Å². The molecule has 1 aliphatic rings. The molecule has 1 aliphatic heterocycles. The van der Waals surface area contributed by atoms with Gasteiger partial charge in [0.15, 0.2) is 0 Å². The van der Waals surface area contributed by atoms with Gasteiger partial charge < -0.3 is 4.90 Å². The van der Waals surface area contributed by atoms with E-state index in [4.69, 9.17) is 0 Å². The fourth-order valence-corrected chi connectivity index (χ4v) is 1.81. The Hall–Kier alpha value is -1.10. The molecule has 2 heterocycles. The SMILES string of the molecule is O=C1CC(S)CN1c1cncc(F)c1. The molecule has 1 amide bonds. The van der Waals surface area contributed by atoms with Crippen molar-refractivity contribution in [1.29, 1.82) is 0 Å². The van der Waals surface area contributed by atoms with E-state index in [1.165, 1.54) is 17.2 Å². The maximum atomic E-state index is 12.8. The predicted molar refractivity (Wildman–Crippen MR) is 53.9 cm³/mol. The second-order valence-corrected chi connectivity index (χ2v) is 3.95. The molecule has 1 atom stereocenters. The average Bonchev–Trinajstić information content (AvgIpc) is 2.45. The summed E-state index contributed by atoms with van der Waals surface area (Å²) in [6.45, 7) is 0.521. The lowest BCUT2D eigenvalue weighted by atomic mass is 10.4. The summed E-state index contributed by atoms with van der Waals surface area (Å²) < 4.78 is 12.8. The second-order valence-electron chi connectivity index (χ2n) is 3.22. The van der Waals surface area contributed by atoms with Crippen LogP contribution in [0.3, 0.4) is 0 Å². The first-order valence-corrected chi connectivity index (χ1v) is 4.77. The van der Waals surface area contributed by atoms with Crippen molar-refractivity contribution in [1.82, 2.24) is 4.98 Å². The van der Waals surface area contributed by atoms with E-state index in [0.717, 1.165) is 6.20 Å². The van der Waals surface area contributed by atoms with E-state index in [9.17, 15) is 9.18 Å². The molecule has 1 saturated heterocycles. The Bertz CT molecular complexity index is 372. The lowest BCUT2D eigenvalue weighted by Crippen LogP contribution is -2.24. The molecule has 0 aliphatic carbocycles. The number of amides is 1. The summed E-state index contributed by atoms with van der Waals surface area (Å²) in [7, 11) is 0. The minimum atomic E-state index is -0.432. The number of nitrogens with zero attached hydrogens (tertiary/aromatic N) is 2. The minimum Gasteiger partial charge on any atom is -0.310 e. The second kappa shape index (κ2) is 3.57. The van der Waals surface area contributed by atoms with Gasteiger partial charge in [0.05, 0.1) is 18.1 Å². The molecule has 1 unspecified atom stereocenters. The molecule has 2 rings (SSSR count). The van der Waals surface area contributed by atoms with Crippen molar-refractivity contribution < 1.29 is 9.18 Å². The molecule has 74 valence electrons. The summed E-state index contributed by atoms with van der Waals surface area (Å²) in [4.78, 5) is 16.6. The maximum Gasteiger partial charge on any atom is 0.228 e. The molecular formula is C9H9FN2OS. The summed E-state index contributed by atoms with van der Waals surface area (Å²) in [5.74, 6) is -0.463. The fourth-order valence-electron chi connectivity index (χ4n) is 1.49. The first-order chi connectivity index (χ1) is 6.66. The van der Waals surface area contributed by atoms with Gasteiger partial charge in [-0.1, -0.05) is 0 Å². The molecule has 0 aromatic carbocycles. The molecule has 1 aromatic heterocycles. The Labute approximate surface area is 86.3 Å². The zero-order chi connectivity index (χ0) is 10.1. The highest BCUT2D eigenvalue weighted by atomic mass is 32.1. The molecule has 0 radical (unpaired) electrons. The zero-order valence-electron chi connectivity index (χ0n) is 7.35. The van der Waals surface area contributed by atoms with Crippen LogP contribution in [0.15, 0.2) is 18.5 Å². The third kappa shape index (κ3) is 1.72. The summed E-state index contributed by atoms with van der Waals surface area (Å²) in [6, 6.07) is 1.30. The van der Waals surface area contributed by atoms with Gasteiger partial charge in [0.25, 0.3) is 0 Å². The number of aromatic nitrogens is 1. The van der Waals surface area contributed by atoms with Crippen molar-refractivity contribution in [3.8, 4) is 0 Å². The molecule has 1 aromatic rings. The number of hydrogen-bond acceptors (Lipinski definition) is 3. The monoisotopic (exact) mass is 212 g/mol. The van der Waals surface area contributed by atoms with Crippen LogP contribution in [0.4, 0.5) is 10.1 Å². The quantitative estimate of drug-likeness (QED) is 0.711. The van der Waals surface area contributed by atoms with E-state index < -0.39 is 5.82 Å². The predicted octanol–water partition coefficient (Wildman–Crippen LogP) is 1.26. The van der Waals surface area contributed by atoms with Crippen LogP contribution in [0.2, 0.25) is 0 Å². The van der Waals surface area contributed by atoms with E-state index in [-0.39, 0.29) is 11.2 Å². The molecule has 3 nitrogen and oxygen atoms in total. The number of halogens is 1. The van der Waals surface area contributed by atoms with E-state index >= 15 is 0 Å². The highest BCUT2D eigenvalue weighted by molar-refractivity contribution is 7.81. The Morgan fingerprint density at radius 1 is 1.57 bits per heavy atom. The summed E-state index contributed by atoms with van der Waals surface area (Å²) in [5, 5.41) is 0.0331. The van der Waals surface area contributed by atoms with Gasteiger partial charge in [0, 0.05) is 24.3 Å². The number of anilines is 1. The first kappa shape index (κ1) is 9.45. The molecule has 0 spiro atoms. The van der Waals surface area contributed by atoms with Crippen LogP contribution in [0.5, 0.6) is 0 Å². The average molecular weight is 212 g/mol. The van der Waals surface area contributed by atoms with Gasteiger partial charge in [0.1, 0.15) is 5.82 Å². The number of rotatable bonds is 1. The molecule has 5 heteroatoms. The van der Waals surface area contributed by atoms with Crippen molar-refractivity contribution in [3.63, 3.8) is 0 Å². The Morgan fingerprint density at radius 2 is 2.36 bits per heavy atom. The maximum absolute atomic E-state index is 12.8. The molecular weight excluding hydrogens is 203 g/mol. The van der Waals surface area contributed by atoms with E-state index in [1.54, 1.807) is 0 Å². The van der Waals surface area contributed by atoms with Crippen LogP contribution in [0.1, 0.15) is 6.42 Å². The third-order valence-electron chi connectivity index (χ3n) is 2.11. The van der Waals surface area contributed by atoms with Crippen LogP contribution >= 0.6 is 12.6 Å². The summed E-state index contributed by atoms with van der Waals surface area (Å²) >= 11 is 4.21. The number of thiol groups is 1. The van der Waals surface area contributed by atoms with Gasteiger partial charge in [-0.25, -0.2) is 4.39 Å². The highest BCUT2D eigenvalue weighted by Crippen LogP contribution is 2.23. The molecule has 0 saturated carbocycles. The van der Waals surface area contributed by atoms with Crippen LogP contribution in [-0.4, -0.2) is 22.7 Å². The number of carbonyl (C=O) groups is 1. The van der Waals surface area contributed by atoms with Crippen molar-refractivity contribution in [2.75, 3.05) is 11.4 Å². The fraction of sp³-hybridized carbons (Fsp3) is 0.333. The number of carbonyl (C=O) groups excluding carboxylic acids is 1. The lowest BCUT2D eigenvalue weighted by Gasteiger charge is -2.14. The molecule has 1 fully saturated rings. The van der Waals surface area contributed by atoms with Crippen LogP contribution in [0, 0.1) is 5.82 Å². The molecule has 14 heavy (non-hydrogen) atoms. The summed E-state index contributed by atoms with van der Waals surface area (Å²) in [6.07, 6.45) is 2.99. The number of hydrogen-bond donors (Lipinski definition) is 1. The highest BCUT2D eigenvalue weighted by Gasteiger charge is 2.28. The van der Waals surface area contributed by atoms with Crippen LogP contribution in [-0.2, 0) is 4.79 Å². The van der Waals surface area contributed by atoms with Gasteiger partial charge in [-0.2, -0.15) is 12.6 Å². The van der Waals surface area contributed by atoms with Gasteiger partial charge in [-0.05, 0) is 0 Å². The van der Waals surface area contributed by atoms with E-state index in [1.807, 2.05) is 0 Å². The molecule has 0 bridgehead atoms. The van der Waals surface area contributed by atoms with Crippen LogP contribution < -0.4 is 4.90 Å². The topological polar surface area (TPSA) is 33.2 Å². The third-order valence-corrected chi connectivity index (χ3v) is 2.45. The Balaban J connectivity index is 2.27.